The lowest BCUT2D eigenvalue weighted by Crippen LogP contribution is -2.40. The summed E-state index contributed by atoms with van der Waals surface area (Å²) in [4.78, 5) is 21.1. The van der Waals surface area contributed by atoms with Gasteiger partial charge >= 0.3 is 0 Å². The quantitative estimate of drug-likeness (QED) is 0.633. The summed E-state index contributed by atoms with van der Waals surface area (Å²) in [5, 5.41) is 3.32. The van der Waals surface area contributed by atoms with Gasteiger partial charge in [-0.2, -0.15) is 0 Å². The van der Waals surface area contributed by atoms with Gasteiger partial charge in [-0.15, -0.1) is 0 Å². The van der Waals surface area contributed by atoms with Gasteiger partial charge in [-0.05, 0) is 37.8 Å². The fourth-order valence-electron chi connectivity index (χ4n) is 3.28. The molecule has 6 heteroatoms. The molecule has 0 saturated carbocycles. The largest absolute Gasteiger partial charge is 0.357 e. The monoisotopic (exact) mass is 347 g/mol. The maximum Gasteiger partial charge on any atom is 0.224 e. The van der Waals surface area contributed by atoms with Crippen LogP contribution in [0.25, 0.3) is 0 Å². The molecule has 1 atom stereocenters. The van der Waals surface area contributed by atoms with Crippen molar-refractivity contribution in [2.24, 2.45) is 18.0 Å². The first kappa shape index (κ1) is 19.3. The van der Waals surface area contributed by atoms with Crippen molar-refractivity contribution in [1.82, 2.24) is 19.7 Å². The number of nitrogens with one attached hydrogen (secondary N) is 1. The molecule has 0 bridgehead atoms. The number of rotatable bonds is 6. The van der Waals surface area contributed by atoms with Crippen molar-refractivity contribution >= 4 is 11.9 Å². The minimum Gasteiger partial charge on any atom is -0.357 e. The Morgan fingerprint density at radius 3 is 2.92 bits per heavy atom. The molecule has 0 spiro atoms. The molecule has 0 aromatic carbocycles. The molecule has 0 aliphatic carbocycles. The van der Waals surface area contributed by atoms with Gasteiger partial charge in [-0.3, -0.25) is 9.79 Å². The van der Waals surface area contributed by atoms with Gasteiger partial charge in [0.1, 0.15) is 0 Å². The summed E-state index contributed by atoms with van der Waals surface area (Å²) in [7, 11) is 4.08. The van der Waals surface area contributed by atoms with Gasteiger partial charge < -0.3 is 19.7 Å². The number of nitrogens with zero attached hydrogens (tertiary/aromatic N) is 4. The van der Waals surface area contributed by atoms with Gasteiger partial charge in [0.2, 0.25) is 5.91 Å². The molecular weight excluding hydrogens is 314 g/mol. The van der Waals surface area contributed by atoms with Crippen LogP contribution in [0, 0.1) is 5.92 Å². The molecule has 1 aliphatic heterocycles. The predicted octanol–water partition coefficient (Wildman–Crippen LogP) is 2.07. The molecule has 1 aromatic heterocycles. The molecular formula is C19H33N5O. The topological polar surface area (TPSA) is 52.9 Å². The molecule has 140 valence electrons. The van der Waals surface area contributed by atoms with E-state index in [1.165, 1.54) is 12.1 Å². The number of likely N-dealkylation sites (tertiary alicyclic amines) is 1. The van der Waals surface area contributed by atoms with Gasteiger partial charge in [0, 0.05) is 52.0 Å². The predicted molar refractivity (Wildman–Crippen MR) is 102 cm³/mol. The zero-order valence-corrected chi connectivity index (χ0v) is 16.2. The summed E-state index contributed by atoms with van der Waals surface area (Å²) in [6.07, 6.45) is 4.89. The summed E-state index contributed by atoms with van der Waals surface area (Å²) in [6, 6.07) is 4.16. The Labute approximate surface area is 151 Å². The molecule has 0 radical (unpaired) electrons. The van der Waals surface area contributed by atoms with Crippen LogP contribution in [0.5, 0.6) is 0 Å². The Bertz CT molecular complexity index is 580. The highest BCUT2D eigenvalue weighted by Gasteiger charge is 2.20. The second-order valence-corrected chi connectivity index (χ2v) is 7.04. The van der Waals surface area contributed by atoms with Crippen LogP contribution in [0.4, 0.5) is 0 Å². The first-order valence-electron chi connectivity index (χ1n) is 9.38. The molecule has 2 heterocycles. The average Bonchev–Trinajstić information content (AvgIpc) is 2.98. The molecule has 1 saturated heterocycles. The maximum absolute atomic E-state index is 12.4. The summed E-state index contributed by atoms with van der Waals surface area (Å²) in [5.74, 6) is 1.70. The van der Waals surface area contributed by atoms with Crippen LogP contribution < -0.4 is 5.32 Å². The standard InChI is InChI=1S/C19H33N5O/c1-5-20-19(23(4)15-17-9-7-12-22(17)3)21-11-10-18(25)24-13-6-8-16(2)14-24/h7,9,12,16H,5-6,8,10-11,13-15H2,1-4H3,(H,20,21). The molecule has 1 amide bonds. The molecule has 1 unspecified atom stereocenters. The smallest absolute Gasteiger partial charge is 0.224 e. The van der Waals surface area contributed by atoms with Gasteiger partial charge in [-0.25, -0.2) is 0 Å². The van der Waals surface area contributed by atoms with Crippen molar-refractivity contribution in [3.05, 3.63) is 24.0 Å². The number of guanidine groups is 1. The van der Waals surface area contributed by atoms with E-state index in [9.17, 15) is 4.79 Å². The van der Waals surface area contributed by atoms with E-state index in [0.29, 0.717) is 18.9 Å². The van der Waals surface area contributed by atoms with Gasteiger partial charge in [0.05, 0.1) is 13.1 Å². The summed E-state index contributed by atoms with van der Waals surface area (Å²) in [6.45, 7) is 8.21. The zero-order chi connectivity index (χ0) is 18.2. The van der Waals surface area contributed by atoms with Crippen LogP contribution >= 0.6 is 0 Å². The number of aryl methyl sites for hydroxylation is 1. The third-order valence-electron chi connectivity index (χ3n) is 4.74. The minimum atomic E-state index is 0.233. The molecule has 6 nitrogen and oxygen atoms in total. The number of piperidine rings is 1. The van der Waals surface area contributed by atoms with E-state index in [1.807, 2.05) is 31.3 Å². The third-order valence-corrected chi connectivity index (χ3v) is 4.74. The van der Waals surface area contributed by atoms with Crippen molar-refractivity contribution in [2.75, 3.05) is 33.2 Å². The van der Waals surface area contributed by atoms with Gasteiger partial charge in [0.25, 0.3) is 0 Å². The van der Waals surface area contributed by atoms with Crippen LogP contribution in [-0.4, -0.2) is 59.5 Å². The maximum atomic E-state index is 12.4. The van der Waals surface area contributed by atoms with E-state index in [2.05, 4.69) is 39.7 Å². The van der Waals surface area contributed by atoms with Crippen molar-refractivity contribution in [2.45, 2.75) is 39.7 Å². The second kappa shape index (κ2) is 9.49. The summed E-state index contributed by atoms with van der Waals surface area (Å²) >= 11 is 0. The highest BCUT2D eigenvalue weighted by molar-refractivity contribution is 5.80. The Hall–Kier alpha value is -1.98. The number of carbonyl (C=O) groups is 1. The van der Waals surface area contributed by atoms with Crippen molar-refractivity contribution in [1.29, 1.82) is 0 Å². The van der Waals surface area contributed by atoms with Crippen LogP contribution in [0.1, 0.15) is 38.8 Å². The van der Waals surface area contributed by atoms with Crippen molar-refractivity contribution in [3.8, 4) is 0 Å². The molecule has 1 fully saturated rings. The SMILES string of the molecule is CCNC(=NCCC(=O)N1CCCC(C)C1)N(C)Cc1cccn1C. The number of hydrogen-bond acceptors (Lipinski definition) is 2. The normalized spacial score (nSPS) is 18.3. The number of carbonyl (C=O) groups excluding carboxylic acids is 1. The minimum absolute atomic E-state index is 0.233. The number of hydrogen-bond donors (Lipinski definition) is 1. The molecule has 25 heavy (non-hydrogen) atoms. The molecule has 2 rings (SSSR count). The lowest BCUT2D eigenvalue weighted by atomic mass is 10.00. The van der Waals surface area contributed by atoms with Crippen LogP contribution in [0.2, 0.25) is 0 Å². The Balaban J connectivity index is 1.88. The number of aromatic nitrogens is 1. The highest BCUT2D eigenvalue weighted by Crippen LogP contribution is 2.16. The van der Waals surface area contributed by atoms with Gasteiger partial charge in [0.15, 0.2) is 5.96 Å². The first-order valence-corrected chi connectivity index (χ1v) is 9.38. The first-order chi connectivity index (χ1) is 12.0. The number of aliphatic imine (C=N–C) groups is 1. The highest BCUT2D eigenvalue weighted by atomic mass is 16.2. The van der Waals surface area contributed by atoms with E-state index in [1.54, 1.807) is 0 Å². The van der Waals surface area contributed by atoms with E-state index < -0.39 is 0 Å². The van der Waals surface area contributed by atoms with Crippen molar-refractivity contribution < 1.29 is 4.79 Å². The van der Waals surface area contributed by atoms with Crippen LogP contribution in [0.15, 0.2) is 23.3 Å². The molecule has 1 aromatic rings. The fraction of sp³-hybridized carbons (Fsp3) is 0.684. The van der Waals surface area contributed by atoms with Crippen LogP contribution in [0.3, 0.4) is 0 Å². The lowest BCUT2D eigenvalue weighted by Gasteiger charge is -2.31. The summed E-state index contributed by atoms with van der Waals surface area (Å²) in [5.41, 5.74) is 1.23. The average molecular weight is 348 g/mol. The summed E-state index contributed by atoms with van der Waals surface area (Å²) < 4.78 is 2.11. The molecule has 1 aliphatic rings. The third kappa shape index (κ3) is 5.80. The van der Waals surface area contributed by atoms with E-state index in [-0.39, 0.29) is 5.91 Å². The Kier molecular flexibility index (Phi) is 7.34. The zero-order valence-electron chi connectivity index (χ0n) is 16.2. The van der Waals surface area contributed by atoms with Crippen LogP contribution in [-0.2, 0) is 18.4 Å². The second-order valence-electron chi connectivity index (χ2n) is 7.04. The Morgan fingerprint density at radius 1 is 1.48 bits per heavy atom. The van der Waals surface area contributed by atoms with E-state index in [4.69, 9.17) is 0 Å². The number of amides is 1. The molecule has 1 N–H and O–H groups in total. The Morgan fingerprint density at radius 2 is 2.28 bits per heavy atom. The fourth-order valence-corrected chi connectivity index (χ4v) is 3.28. The van der Waals surface area contributed by atoms with Crippen molar-refractivity contribution in [3.63, 3.8) is 0 Å². The lowest BCUT2D eigenvalue weighted by molar-refractivity contribution is -0.132. The van der Waals surface area contributed by atoms with E-state index >= 15 is 0 Å². The van der Waals surface area contributed by atoms with Gasteiger partial charge in [-0.1, -0.05) is 6.92 Å². The van der Waals surface area contributed by atoms with E-state index in [0.717, 1.165) is 38.6 Å².